The fraction of sp³-hybridized carbons (Fsp3) is 0.583. The number of unbranched alkanes of at least 4 members (excludes halogenated alkanes) is 1. The van der Waals surface area contributed by atoms with Crippen molar-refractivity contribution >= 4 is 24.0 Å². The van der Waals surface area contributed by atoms with E-state index in [4.69, 9.17) is 14.9 Å². The lowest BCUT2D eigenvalue weighted by Gasteiger charge is -2.34. The second-order valence-electron chi connectivity index (χ2n) is 8.31. The normalized spacial score (nSPS) is 14.7. The molecule has 182 valence electrons. The molecular formula is C24H35N3O6. The van der Waals surface area contributed by atoms with Crippen LogP contribution in [0.15, 0.2) is 30.3 Å². The molecule has 1 aliphatic rings. The molecule has 1 atom stereocenters. The third kappa shape index (κ3) is 9.51. The number of hydrogen-bond donors (Lipinski definition) is 3. The Labute approximate surface area is 194 Å². The number of carbonyl (C=O) groups is 3. The Bertz CT molecular complexity index is 780. The van der Waals surface area contributed by atoms with Crippen LogP contribution in [-0.2, 0) is 25.5 Å². The average Bonchev–Trinajstić information content (AvgIpc) is 2.81. The van der Waals surface area contributed by atoms with Gasteiger partial charge in [0.1, 0.15) is 6.04 Å². The summed E-state index contributed by atoms with van der Waals surface area (Å²) >= 11 is 0. The third-order valence-electron chi connectivity index (χ3n) is 5.84. The first kappa shape index (κ1) is 26.2. The van der Waals surface area contributed by atoms with Crippen molar-refractivity contribution in [2.24, 2.45) is 5.92 Å². The fourth-order valence-electron chi connectivity index (χ4n) is 4.01. The summed E-state index contributed by atoms with van der Waals surface area (Å²) in [7, 11) is 1.50. The van der Waals surface area contributed by atoms with Crippen LogP contribution in [0.5, 0.6) is 0 Å². The summed E-state index contributed by atoms with van der Waals surface area (Å²) in [5.41, 5.74) is 1.08. The highest BCUT2D eigenvalue weighted by molar-refractivity contribution is 5.94. The summed E-state index contributed by atoms with van der Waals surface area (Å²) in [5.74, 6) is -1.61. The van der Waals surface area contributed by atoms with Gasteiger partial charge in [0.2, 0.25) is 5.96 Å². The van der Waals surface area contributed by atoms with Gasteiger partial charge in [-0.3, -0.25) is 15.5 Å². The van der Waals surface area contributed by atoms with Crippen LogP contribution in [0.2, 0.25) is 0 Å². The van der Waals surface area contributed by atoms with E-state index in [0.717, 1.165) is 37.7 Å². The van der Waals surface area contributed by atoms with Crippen molar-refractivity contribution in [3.63, 3.8) is 0 Å². The molecule has 0 saturated heterocycles. The molecule has 9 nitrogen and oxygen atoms in total. The van der Waals surface area contributed by atoms with Gasteiger partial charge in [0.15, 0.2) is 0 Å². The minimum Gasteiger partial charge on any atom is -0.480 e. The van der Waals surface area contributed by atoms with Crippen LogP contribution in [0.4, 0.5) is 4.79 Å². The van der Waals surface area contributed by atoms with Gasteiger partial charge < -0.3 is 19.5 Å². The minimum atomic E-state index is -0.998. The first-order chi connectivity index (χ1) is 15.9. The molecule has 1 aromatic rings. The highest BCUT2D eigenvalue weighted by Crippen LogP contribution is 2.28. The van der Waals surface area contributed by atoms with Crippen molar-refractivity contribution in [3.8, 4) is 0 Å². The summed E-state index contributed by atoms with van der Waals surface area (Å²) in [6.07, 6.45) is 5.85. The van der Waals surface area contributed by atoms with Crippen LogP contribution in [0.3, 0.4) is 0 Å². The first-order valence-corrected chi connectivity index (χ1v) is 11.6. The van der Waals surface area contributed by atoms with Gasteiger partial charge in [-0.05, 0) is 43.6 Å². The molecule has 0 bridgehead atoms. The van der Waals surface area contributed by atoms with Gasteiger partial charge in [0.25, 0.3) is 0 Å². The van der Waals surface area contributed by atoms with Crippen LogP contribution in [0.1, 0.15) is 56.9 Å². The molecule has 1 unspecified atom stereocenters. The zero-order chi connectivity index (χ0) is 24.1. The van der Waals surface area contributed by atoms with Crippen LogP contribution in [0.25, 0.3) is 0 Å². The lowest BCUT2D eigenvalue weighted by molar-refractivity contribution is -0.144. The van der Waals surface area contributed by atoms with E-state index in [2.05, 4.69) is 5.32 Å². The zero-order valence-corrected chi connectivity index (χ0v) is 19.3. The topological polar surface area (TPSA) is 129 Å². The number of alkyl carbamates (subject to hydrolysis) is 1. The van der Waals surface area contributed by atoms with E-state index in [1.165, 1.54) is 11.9 Å². The van der Waals surface area contributed by atoms with E-state index in [1.54, 1.807) is 0 Å². The van der Waals surface area contributed by atoms with E-state index < -0.39 is 18.1 Å². The van der Waals surface area contributed by atoms with Gasteiger partial charge in [-0.15, -0.1) is 0 Å². The Morgan fingerprint density at radius 1 is 1.09 bits per heavy atom. The number of aryl methyl sites for hydroxylation is 1. The number of aliphatic carboxylic acids is 1. The molecule has 3 N–H and O–H groups in total. The van der Waals surface area contributed by atoms with Gasteiger partial charge in [0, 0.05) is 13.5 Å². The maximum atomic E-state index is 12.0. The largest absolute Gasteiger partial charge is 0.480 e. The van der Waals surface area contributed by atoms with E-state index in [-0.39, 0.29) is 31.1 Å². The molecule has 0 spiro atoms. The molecule has 1 fully saturated rings. The van der Waals surface area contributed by atoms with Gasteiger partial charge in [-0.2, -0.15) is 0 Å². The number of likely N-dealkylation sites (N-methyl/N-ethyl adjacent to an activating group) is 1. The molecular weight excluding hydrogens is 426 g/mol. The van der Waals surface area contributed by atoms with Crippen molar-refractivity contribution in [2.75, 3.05) is 20.3 Å². The number of carbonyl (C=O) groups excluding carboxylic acids is 2. The lowest BCUT2D eigenvalue weighted by atomic mass is 9.83. The van der Waals surface area contributed by atoms with Gasteiger partial charge in [0.05, 0.1) is 13.2 Å². The van der Waals surface area contributed by atoms with Crippen LogP contribution < -0.4 is 5.32 Å². The summed E-state index contributed by atoms with van der Waals surface area (Å²) < 4.78 is 10.2. The Morgan fingerprint density at radius 3 is 2.36 bits per heavy atom. The van der Waals surface area contributed by atoms with Gasteiger partial charge in [-0.1, -0.05) is 49.6 Å². The van der Waals surface area contributed by atoms with Gasteiger partial charge >= 0.3 is 18.0 Å². The molecule has 0 heterocycles. The monoisotopic (exact) mass is 461 g/mol. The number of benzene rings is 1. The minimum absolute atomic E-state index is 0.0465. The summed E-state index contributed by atoms with van der Waals surface area (Å²) in [4.78, 5) is 36.8. The predicted molar refractivity (Wildman–Crippen MR) is 123 cm³/mol. The molecule has 2 rings (SSSR count). The Hall–Kier alpha value is -3.10. The van der Waals surface area contributed by atoms with E-state index in [0.29, 0.717) is 25.7 Å². The molecule has 0 aliphatic heterocycles. The summed E-state index contributed by atoms with van der Waals surface area (Å²) in [5, 5.41) is 20.0. The number of rotatable bonds is 11. The second kappa shape index (κ2) is 14.1. The second-order valence-corrected chi connectivity index (χ2v) is 8.31. The number of nitrogens with zero attached hydrogens (tertiary/aromatic N) is 1. The molecule has 1 saturated carbocycles. The first-order valence-electron chi connectivity index (χ1n) is 11.6. The number of esters is 1. The number of guanidine groups is 1. The van der Waals surface area contributed by atoms with Crippen LogP contribution in [-0.4, -0.2) is 60.3 Å². The van der Waals surface area contributed by atoms with E-state index >= 15 is 0 Å². The zero-order valence-electron chi connectivity index (χ0n) is 19.3. The highest BCUT2D eigenvalue weighted by Gasteiger charge is 2.34. The SMILES string of the molecule is CN(C(=N)NC(=O)OCCCCOC(=O)CCc1ccccc1)C(C(=O)O)C1CCCCC1. The van der Waals surface area contributed by atoms with Crippen molar-refractivity contribution < 1.29 is 29.0 Å². The number of carboxylic acids is 1. The maximum Gasteiger partial charge on any atom is 0.413 e. The standard InChI is InChI=1S/C24H35N3O6/c1-27(21(22(29)30)19-12-6-3-7-13-19)23(25)26-24(31)33-17-9-8-16-32-20(28)15-14-18-10-4-2-5-11-18/h2,4-5,10-11,19,21H,3,6-9,12-17H2,1H3,(H,29,30)(H2,25,26,31). The third-order valence-corrected chi connectivity index (χ3v) is 5.84. The smallest absolute Gasteiger partial charge is 0.413 e. The number of hydrogen-bond acceptors (Lipinski definition) is 6. The number of ether oxygens (including phenoxy) is 2. The number of carboxylic acid groups (broad SMARTS) is 1. The molecule has 9 heteroatoms. The predicted octanol–water partition coefficient (Wildman–Crippen LogP) is 3.57. The quantitative estimate of drug-likeness (QED) is 0.199. The van der Waals surface area contributed by atoms with Crippen molar-refractivity contribution in [2.45, 2.75) is 63.8 Å². The molecule has 33 heavy (non-hydrogen) atoms. The van der Waals surface area contributed by atoms with Crippen LogP contribution in [0, 0.1) is 11.3 Å². The van der Waals surface area contributed by atoms with Crippen molar-refractivity contribution in [3.05, 3.63) is 35.9 Å². The number of nitrogens with one attached hydrogen (secondary N) is 2. The van der Waals surface area contributed by atoms with Crippen LogP contribution >= 0.6 is 0 Å². The Kier molecular flexibility index (Phi) is 11.2. The lowest BCUT2D eigenvalue weighted by Crippen LogP contribution is -2.52. The Morgan fingerprint density at radius 2 is 1.73 bits per heavy atom. The van der Waals surface area contributed by atoms with E-state index in [1.807, 2.05) is 30.3 Å². The van der Waals surface area contributed by atoms with E-state index in [9.17, 15) is 19.5 Å². The average molecular weight is 462 g/mol. The van der Waals surface area contributed by atoms with Gasteiger partial charge in [-0.25, -0.2) is 9.59 Å². The fourth-order valence-corrected chi connectivity index (χ4v) is 4.01. The van der Waals surface area contributed by atoms with Crippen molar-refractivity contribution in [1.29, 1.82) is 5.41 Å². The highest BCUT2D eigenvalue weighted by atomic mass is 16.5. The van der Waals surface area contributed by atoms with Crippen molar-refractivity contribution in [1.82, 2.24) is 10.2 Å². The molecule has 1 aromatic carbocycles. The molecule has 0 radical (unpaired) electrons. The summed E-state index contributed by atoms with van der Waals surface area (Å²) in [6, 6.07) is 8.86. The number of amides is 1. The molecule has 1 aliphatic carbocycles. The Balaban J connectivity index is 1.58. The molecule has 0 aromatic heterocycles. The molecule has 1 amide bonds. The summed E-state index contributed by atoms with van der Waals surface area (Å²) in [6.45, 7) is 0.355. The maximum absolute atomic E-state index is 12.0.